The molecular formula is C34H28N2. The van der Waals surface area contributed by atoms with Crippen LogP contribution in [0, 0.1) is 0 Å². The molecule has 2 heteroatoms. The van der Waals surface area contributed by atoms with E-state index >= 15 is 0 Å². The maximum absolute atomic E-state index is 2.44. The van der Waals surface area contributed by atoms with Crippen LogP contribution in [0.1, 0.15) is 26.3 Å². The summed E-state index contributed by atoms with van der Waals surface area (Å²) < 4.78 is 4.87. The maximum Gasteiger partial charge on any atom is 0.0565 e. The van der Waals surface area contributed by atoms with Crippen molar-refractivity contribution in [3.05, 3.63) is 121 Å². The highest BCUT2D eigenvalue weighted by Crippen LogP contribution is 2.46. The quantitative estimate of drug-likeness (QED) is 0.241. The molecule has 0 N–H and O–H groups in total. The number of para-hydroxylation sites is 4. The third-order valence-electron chi connectivity index (χ3n) is 7.37. The molecule has 0 aliphatic carbocycles. The second-order valence-electron chi connectivity index (χ2n) is 10.7. The Morgan fingerprint density at radius 3 is 1.25 bits per heavy atom. The zero-order valence-electron chi connectivity index (χ0n) is 20.9. The van der Waals surface area contributed by atoms with Crippen LogP contribution in [0.4, 0.5) is 0 Å². The van der Waals surface area contributed by atoms with Crippen LogP contribution in [0.2, 0.25) is 0 Å². The van der Waals surface area contributed by atoms with Gasteiger partial charge in [-0.1, -0.05) is 93.6 Å². The predicted octanol–water partition coefficient (Wildman–Crippen LogP) is 9.18. The van der Waals surface area contributed by atoms with Crippen molar-refractivity contribution in [2.24, 2.45) is 0 Å². The average Bonchev–Trinajstić information content (AvgIpc) is 3.40. The molecule has 0 saturated carbocycles. The van der Waals surface area contributed by atoms with Gasteiger partial charge < -0.3 is 9.13 Å². The van der Waals surface area contributed by atoms with Crippen molar-refractivity contribution in [1.29, 1.82) is 0 Å². The highest BCUT2D eigenvalue weighted by Gasteiger charge is 2.28. The summed E-state index contributed by atoms with van der Waals surface area (Å²) in [4.78, 5) is 0. The van der Waals surface area contributed by atoms with Crippen molar-refractivity contribution in [3.63, 3.8) is 0 Å². The standard InChI is InChI=1S/C34H28N2/c1-34(2,3)33-31-25-18-10-12-20-27(25)35(23-14-6-4-7-15-23)29(31)22-30-32(33)26-19-11-13-21-28(26)36(30)24-16-8-5-9-17-24/h4-22H,1-3H3. The molecule has 2 nitrogen and oxygen atoms in total. The molecule has 0 unspecified atom stereocenters. The van der Waals surface area contributed by atoms with Crippen molar-refractivity contribution in [1.82, 2.24) is 9.13 Å². The van der Waals surface area contributed by atoms with Gasteiger partial charge in [-0.05, 0) is 53.4 Å². The van der Waals surface area contributed by atoms with Crippen LogP contribution >= 0.6 is 0 Å². The van der Waals surface area contributed by atoms with Crippen LogP contribution < -0.4 is 0 Å². The van der Waals surface area contributed by atoms with Crippen LogP contribution in [0.3, 0.4) is 0 Å². The van der Waals surface area contributed by atoms with E-state index in [9.17, 15) is 0 Å². The molecule has 0 amide bonds. The first-order valence-corrected chi connectivity index (χ1v) is 12.6. The van der Waals surface area contributed by atoms with Crippen molar-refractivity contribution in [2.75, 3.05) is 0 Å². The molecule has 7 aromatic rings. The lowest BCUT2D eigenvalue weighted by molar-refractivity contribution is 0.602. The van der Waals surface area contributed by atoms with Gasteiger partial charge in [-0.3, -0.25) is 0 Å². The summed E-state index contributed by atoms with van der Waals surface area (Å²) in [5, 5.41) is 5.32. The Hall–Kier alpha value is -4.30. The molecule has 0 aliphatic rings. The third-order valence-corrected chi connectivity index (χ3v) is 7.37. The maximum atomic E-state index is 2.44. The number of nitrogens with zero attached hydrogens (tertiary/aromatic N) is 2. The lowest BCUT2D eigenvalue weighted by atomic mass is 9.81. The molecule has 0 radical (unpaired) electrons. The molecule has 7 rings (SSSR count). The van der Waals surface area contributed by atoms with Gasteiger partial charge >= 0.3 is 0 Å². The minimum atomic E-state index is -0.0605. The van der Waals surface area contributed by atoms with E-state index in [2.05, 4.69) is 145 Å². The summed E-state index contributed by atoms with van der Waals surface area (Å²) in [6.07, 6.45) is 0. The normalized spacial score (nSPS) is 12.3. The molecule has 174 valence electrons. The van der Waals surface area contributed by atoms with E-state index in [1.165, 1.54) is 60.5 Å². The van der Waals surface area contributed by atoms with Gasteiger partial charge in [-0.2, -0.15) is 0 Å². The number of benzene rings is 5. The van der Waals surface area contributed by atoms with E-state index in [4.69, 9.17) is 0 Å². The van der Waals surface area contributed by atoms with E-state index in [0.29, 0.717) is 0 Å². The fourth-order valence-corrected chi connectivity index (χ4v) is 6.03. The molecule has 0 fully saturated rings. The van der Waals surface area contributed by atoms with Gasteiger partial charge in [0.2, 0.25) is 0 Å². The lowest BCUT2D eigenvalue weighted by Crippen LogP contribution is -2.12. The van der Waals surface area contributed by atoms with E-state index in [1.54, 1.807) is 0 Å². The number of fused-ring (bicyclic) bond motifs is 6. The minimum absolute atomic E-state index is 0.0605. The summed E-state index contributed by atoms with van der Waals surface area (Å²) in [7, 11) is 0. The second kappa shape index (κ2) is 7.60. The van der Waals surface area contributed by atoms with Crippen LogP contribution in [0.25, 0.3) is 55.0 Å². The van der Waals surface area contributed by atoms with Crippen molar-refractivity contribution >= 4 is 43.6 Å². The van der Waals surface area contributed by atoms with Gasteiger partial charge in [-0.25, -0.2) is 0 Å². The van der Waals surface area contributed by atoms with E-state index in [1.807, 2.05) is 0 Å². The summed E-state index contributed by atoms with van der Waals surface area (Å²) in [6.45, 7) is 7.05. The number of hydrogen-bond donors (Lipinski definition) is 0. The number of hydrogen-bond acceptors (Lipinski definition) is 0. The fourth-order valence-electron chi connectivity index (χ4n) is 6.03. The predicted molar refractivity (Wildman–Crippen MR) is 154 cm³/mol. The molecule has 2 heterocycles. The third kappa shape index (κ3) is 2.91. The Labute approximate surface area is 211 Å². The van der Waals surface area contributed by atoms with Gasteiger partial charge in [-0.15, -0.1) is 0 Å². The average molecular weight is 465 g/mol. The molecule has 0 aliphatic heterocycles. The largest absolute Gasteiger partial charge is 0.309 e. The second-order valence-corrected chi connectivity index (χ2v) is 10.7. The summed E-state index contributed by atoms with van der Waals surface area (Å²) in [5.41, 5.74) is 8.71. The Kier molecular flexibility index (Phi) is 4.44. The molecule has 0 spiro atoms. The van der Waals surface area contributed by atoms with Crippen molar-refractivity contribution < 1.29 is 0 Å². The van der Waals surface area contributed by atoms with Crippen LogP contribution in [0.5, 0.6) is 0 Å². The number of rotatable bonds is 2. The van der Waals surface area contributed by atoms with Gasteiger partial charge in [0.15, 0.2) is 0 Å². The Morgan fingerprint density at radius 1 is 0.444 bits per heavy atom. The zero-order chi connectivity index (χ0) is 24.4. The van der Waals surface area contributed by atoms with Gasteiger partial charge in [0, 0.05) is 32.9 Å². The monoisotopic (exact) mass is 464 g/mol. The van der Waals surface area contributed by atoms with Crippen molar-refractivity contribution in [2.45, 2.75) is 26.2 Å². The molecule has 0 atom stereocenters. The van der Waals surface area contributed by atoms with Crippen molar-refractivity contribution in [3.8, 4) is 11.4 Å². The first-order chi connectivity index (χ1) is 17.5. The van der Waals surface area contributed by atoms with Crippen LogP contribution in [0.15, 0.2) is 115 Å². The van der Waals surface area contributed by atoms with Crippen LogP contribution in [-0.4, -0.2) is 9.13 Å². The smallest absolute Gasteiger partial charge is 0.0565 e. The topological polar surface area (TPSA) is 9.86 Å². The highest BCUT2D eigenvalue weighted by molar-refractivity contribution is 6.22. The SMILES string of the molecule is CC(C)(C)c1c2c3ccccc3n(-c3ccccc3)c2cc2c1c1ccccc1n2-c1ccccc1. The van der Waals surface area contributed by atoms with E-state index in [0.717, 1.165) is 0 Å². The Morgan fingerprint density at radius 2 is 0.833 bits per heavy atom. The molecule has 36 heavy (non-hydrogen) atoms. The number of aromatic nitrogens is 2. The molecule has 2 aromatic heterocycles. The fraction of sp³-hybridized carbons (Fsp3) is 0.118. The first kappa shape index (κ1) is 21.0. The molecule has 0 saturated heterocycles. The molecule has 0 bridgehead atoms. The summed E-state index contributed by atoms with van der Waals surface area (Å²) >= 11 is 0. The molecular weight excluding hydrogens is 436 g/mol. The minimum Gasteiger partial charge on any atom is -0.309 e. The lowest BCUT2D eigenvalue weighted by Gasteiger charge is -2.23. The van der Waals surface area contributed by atoms with Crippen LogP contribution in [-0.2, 0) is 5.41 Å². The van der Waals surface area contributed by atoms with Gasteiger partial charge in [0.05, 0.1) is 22.1 Å². The van der Waals surface area contributed by atoms with E-state index in [-0.39, 0.29) is 5.41 Å². The Bertz CT molecular complexity index is 1760. The van der Waals surface area contributed by atoms with Gasteiger partial charge in [0.1, 0.15) is 0 Å². The first-order valence-electron chi connectivity index (χ1n) is 12.6. The highest BCUT2D eigenvalue weighted by atomic mass is 15.0. The Balaban J connectivity index is 1.81. The summed E-state index contributed by atoms with van der Waals surface area (Å²) in [6, 6.07) is 41.6. The zero-order valence-corrected chi connectivity index (χ0v) is 20.9. The van der Waals surface area contributed by atoms with E-state index < -0.39 is 0 Å². The van der Waals surface area contributed by atoms with Gasteiger partial charge in [0.25, 0.3) is 0 Å². The molecule has 5 aromatic carbocycles. The summed E-state index contributed by atoms with van der Waals surface area (Å²) in [5.74, 6) is 0.